The van der Waals surface area contributed by atoms with Crippen LogP contribution in [0.2, 0.25) is 0 Å². The smallest absolute Gasteiger partial charge is 0.254 e. The number of amides is 1. The maximum atomic E-state index is 13.0. The Hall–Kier alpha value is -3.30. The summed E-state index contributed by atoms with van der Waals surface area (Å²) >= 11 is 1.45. The van der Waals surface area contributed by atoms with Crippen molar-refractivity contribution in [1.82, 2.24) is 10.3 Å². The maximum Gasteiger partial charge on any atom is 0.254 e. The van der Waals surface area contributed by atoms with Crippen molar-refractivity contribution in [3.05, 3.63) is 89.4 Å². The molecule has 2 aromatic carbocycles. The highest BCUT2D eigenvalue weighted by Crippen LogP contribution is 2.24. The Morgan fingerprint density at radius 1 is 1.10 bits per heavy atom. The molecule has 0 unspecified atom stereocenters. The number of ether oxygens (including phenoxy) is 1. The first-order valence-corrected chi connectivity index (χ1v) is 10.4. The third-order valence-corrected chi connectivity index (χ3v) is 5.33. The van der Waals surface area contributed by atoms with E-state index in [1.807, 2.05) is 24.3 Å². The zero-order valence-corrected chi connectivity index (χ0v) is 17.1. The van der Waals surface area contributed by atoms with E-state index < -0.39 is 0 Å². The minimum atomic E-state index is -0.267. The van der Waals surface area contributed by atoms with Gasteiger partial charge in [0.2, 0.25) is 0 Å². The minimum absolute atomic E-state index is 0.168. The number of benzene rings is 2. The third kappa shape index (κ3) is 6.36. The van der Waals surface area contributed by atoms with Crippen molar-refractivity contribution < 1.29 is 13.9 Å². The first kappa shape index (κ1) is 21.4. The fraction of sp³-hybridized carbons (Fsp3) is 0.167. The fourth-order valence-electron chi connectivity index (χ4n) is 2.70. The van der Waals surface area contributed by atoms with Gasteiger partial charge in [-0.2, -0.15) is 0 Å². The predicted octanol–water partition coefficient (Wildman–Crippen LogP) is 4.50. The number of aromatic nitrogens is 1. The van der Waals surface area contributed by atoms with E-state index in [9.17, 15) is 9.18 Å². The van der Waals surface area contributed by atoms with Crippen LogP contribution in [-0.4, -0.2) is 24.0 Å². The summed E-state index contributed by atoms with van der Waals surface area (Å²) in [5.41, 5.74) is 2.58. The Bertz CT molecular complexity index is 1010. The number of hydrogen-bond donors (Lipinski definition) is 1. The monoisotopic (exact) mass is 420 g/mol. The molecule has 0 bridgehead atoms. The topological polar surface area (TPSA) is 51.2 Å². The molecule has 152 valence electrons. The Balaban J connectivity index is 1.52. The van der Waals surface area contributed by atoms with Crippen molar-refractivity contribution in [3.63, 3.8) is 0 Å². The van der Waals surface area contributed by atoms with Gasteiger partial charge in [-0.25, -0.2) is 9.37 Å². The Morgan fingerprint density at radius 3 is 2.57 bits per heavy atom. The molecule has 0 radical (unpaired) electrons. The average Bonchev–Trinajstić information content (AvgIpc) is 2.78. The molecule has 0 saturated carbocycles. The number of thioether (sulfide) groups is 1. The number of nitrogens with zero attached hydrogens (tertiary/aromatic N) is 1. The highest BCUT2D eigenvalue weighted by atomic mass is 32.2. The summed E-state index contributed by atoms with van der Waals surface area (Å²) in [7, 11) is 0. The molecule has 1 N–H and O–H groups in total. The number of carbonyl (C=O) groups is 1. The van der Waals surface area contributed by atoms with Gasteiger partial charge in [0.1, 0.15) is 23.2 Å². The van der Waals surface area contributed by atoms with Gasteiger partial charge in [-0.15, -0.1) is 18.2 Å². The molecule has 1 amide bonds. The number of pyridine rings is 1. The molecule has 0 aliphatic rings. The summed E-state index contributed by atoms with van der Waals surface area (Å²) in [6, 6.07) is 17.4. The van der Waals surface area contributed by atoms with Crippen LogP contribution < -0.4 is 10.1 Å². The van der Waals surface area contributed by atoms with Gasteiger partial charge < -0.3 is 10.1 Å². The summed E-state index contributed by atoms with van der Waals surface area (Å²) in [6.45, 7) is 0.738. The molecule has 0 aliphatic carbocycles. The second kappa shape index (κ2) is 11.0. The van der Waals surface area contributed by atoms with E-state index in [2.05, 4.69) is 16.2 Å². The second-order valence-corrected chi connectivity index (χ2v) is 7.38. The lowest BCUT2D eigenvalue weighted by Crippen LogP contribution is -2.26. The molecular weight excluding hydrogens is 399 g/mol. The number of rotatable bonds is 9. The van der Waals surface area contributed by atoms with Crippen molar-refractivity contribution in [2.24, 2.45) is 0 Å². The van der Waals surface area contributed by atoms with Crippen molar-refractivity contribution in [3.8, 4) is 18.1 Å². The van der Waals surface area contributed by atoms with E-state index in [0.717, 1.165) is 16.9 Å². The number of carbonyl (C=O) groups excluding carboxylic acids is 1. The molecule has 30 heavy (non-hydrogen) atoms. The highest BCUT2D eigenvalue weighted by molar-refractivity contribution is 7.98. The quantitative estimate of drug-likeness (QED) is 0.409. The molecule has 0 aliphatic heterocycles. The SMILES string of the molecule is C#CCOc1ccc(CCNC(=O)c2cccnc2SCc2ccc(F)cc2)cc1. The van der Waals surface area contributed by atoms with E-state index in [-0.39, 0.29) is 18.3 Å². The number of halogens is 1. The van der Waals surface area contributed by atoms with Gasteiger partial charge in [0.25, 0.3) is 5.91 Å². The Morgan fingerprint density at radius 2 is 1.83 bits per heavy atom. The van der Waals surface area contributed by atoms with Crippen LogP contribution in [0.5, 0.6) is 5.75 Å². The zero-order chi connectivity index (χ0) is 21.2. The average molecular weight is 421 g/mol. The third-order valence-electron chi connectivity index (χ3n) is 4.25. The highest BCUT2D eigenvalue weighted by Gasteiger charge is 2.12. The fourth-order valence-corrected chi connectivity index (χ4v) is 3.65. The molecule has 0 atom stereocenters. The summed E-state index contributed by atoms with van der Waals surface area (Å²) < 4.78 is 18.4. The lowest BCUT2D eigenvalue weighted by Gasteiger charge is -2.10. The van der Waals surface area contributed by atoms with Gasteiger partial charge in [-0.1, -0.05) is 30.2 Å². The van der Waals surface area contributed by atoms with Crippen molar-refractivity contribution in [1.29, 1.82) is 0 Å². The molecule has 1 aromatic heterocycles. The molecule has 0 saturated heterocycles. The van der Waals surface area contributed by atoms with Gasteiger partial charge in [0.15, 0.2) is 0 Å². The summed E-state index contributed by atoms with van der Waals surface area (Å²) in [4.78, 5) is 17.0. The predicted molar refractivity (Wildman–Crippen MR) is 117 cm³/mol. The van der Waals surface area contributed by atoms with E-state index in [0.29, 0.717) is 29.3 Å². The molecule has 0 spiro atoms. The van der Waals surface area contributed by atoms with Crippen molar-refractivity contribution in [2.75, 3.05) is 13.2 Å². The number of hydrogen-bond acceptors (Lipinski definition) is 4. The van der Waals surface area contributed by atoms with Crippen LogP contribution in [0.25, 0.3) is 0 Å². The van der Waals surface area contributed by atoms with Crippen LogP contribution in [0.4, 0.5) is 4.39 Å². The standard InChI is InChI=1S/C24H21FN2O2S/c1-2-16-29-21-11-7-18(8-12-21)13-15-26-23(28)22-4-3-14-27-24(22)30-17-19-5-9-20(25)10-6-19/h1,3-12,14H,13,15-17H2,(H,26,28). The Labute approximate surface area is 179 Å². The van der Waals surface area contributed by atoms with Gasteiger partial charge >= 0.3 is 0 Å². The molecular formula is C24H21FN2O2S. The number of nitrogens with one attached hydrogen (secondary N) is 1. The molecule has 3 aromatic rings. The largest absolute Gasteiger partial charge is 0.481 e. The van der Waals surface area contributed by atoms with Gasteiger partial charge in [0, 0.05) is 18.5 Å². The van der Waals surface area contributed by atoms with Crippen LogP contribution in [0.15, 0.2) is 71.9 Å². The van der Waals surface area contributed by atoms with E-state index in [4.69, 9.17) is 11.2 Å². The van der Waals surface area contributed by atoms with Crippen molar-refractivity contribution in [2.45, 2.75) is 17.2 Å². The molecule has 4 nitrogen and oxygen atoms in total. The number of terminal acetylenes is 1. The van der Waals surface area contributed by atoms with E-state index in [1.54, 1.807) is 30.5 Å². The normalized spacial score (nSPS) is 10.3. The minimum Gasteiger partial charge on any atom is -0.481 e. The molecule has 6 heteroatoms. The maximum absolute atomic E-state index is 13.0. The van der Waals surface area contributed by atoms with Gasteiger partial charge in [0.05, 0.1) is 5.56 Å². The van der Waals surface area contributed by atoms with E-state index >= 15 is 0 Å². The Kier molecular flexibility index (Phi) is 7.87. The molecule has 0 fully saturated rings. The van der Waals surface area contributed by atoms with Gasteiger partial charge in [-0.3, -0.25) is 4.79 Å². The van der Waals surface area contributed by atoms with Crippen LogP contribution in [0.1, 0.15) is 21.5 Å². The first-order valence-electron chi connectivity index (χ1n) is 9.41. The summed E-state index contributed by atoms with van der Waals surface area (Å²) in [5.74, 6) is 3.32. The van der Waals surface area contributed by atoms with Crippen LogP contribution >= 0.6 is 11.8 Å². The lowest BCUT2D eigenvalue weighted by molar-refractivity contribution is 0.0950. The second-order valence-electron chi connectivity index (χ2n) is 6.41. The van der Waals surface area contributed by atoms with Gasteiger partial charge in [-0.05, 0) is 53.9 Å². The first-order chi connectivity index (χ1) is 14.7. The van der Waals surface area contributed by atoms with Crippen molar-refractivity contribution >= 4 is 17.7 Å². The van der Waals surface area contributed by atoms with Crippen LogP contribution in [0, 0.1) is 18.2 Å². The molecule has 1 heterocycles. The summed E-state index contributed by atoms with van der Waals surface area (Å²) in [6.07, 6.45) is 7.53. The zero-order valence-electron chi connectivity index (χ0n) is 16.3. The van der Waals surface area contributed by atoms with Crippen LogP contribution in [0.3, 0.4) is 0 Å². The molecule has 3 rings (SSSR count). The van der Waals surface area contributed by atoms with Crippen LogP contribution in [-0.2, 0) is 12.2 Å². The van der Waals surface area contributed by atoms with E-state index in [1.165, 1.54) is 23.9 Å². The summed E-state index contributed by atoms with van der Waals surface area (Å²) in [5, 5.41) is 3.59. The lowest BCUT2D eigenvalue weighted by atomic mass is 10.1.